The zero-order chi connectivity index (χ0) is 20.8. The molecule has 0 atom stereocenters. The Labute approximate surface area is 174 Å². The zero-order valence-corrected chi connectivity index (χ0v) is 16.8. The van der Waals surface area contributed by atoms with Crippen LogP contribution in [-0.4, -0.2) is 11.8 Å². The predicted molar refractivity (Wildman–Crippen MR) is 121 cm³/mol. The van der Waals surface area contributed by atoms with Crippen molar-refractivity contribution in [1.82, 2.24) is 5.43 Å². The fraction of sp³-hybridized carbons (Fsp3) is 0.0769. The minimum atomic E-state index is -0.393. The standard InChI is InChI=1S/C26H20N2O2/c1-16-11-12-20(13-17(16)2)28-26(30)24(25(29)27-28)15-23-21-9-5-3-7-18(21)14-19-8-4-6-10-22(19)23/h3-15H,1-2H3,(H,27,29). The highest BCUT2D eigenvalue weighted by atomic mass is 16.2. The van der Waals surface area contributed by atoms with E-state index in [9.17, 15) is 9.59 Å². The average molecular weight is 392 g/mol. The van der Waals surface area contributed by atoms with Gasteiger partial charge in [-0.05, 0) is 76.4 Å². The number of carbonyl (C=O) groups is 2. The first-order chi connectivity index (χ1) is 14.5. The lowest BCUT2D eigenvalue weighted by Crippen LogP contribution is -2.35. The number of amides is 2. The molecule has 0 spiro atoms. The van der Waals surface area contributed by atoms with Gasteiger partial charge in [-0.3, -0.25) is 15.0 Å². The van der Waals surface area contributed by atoms with Crippen molar-refractivity contribution in [3.63, 3.8) is 0 Å². The molecule has 4 heteroatoms. The van der Waals surface area contributed by atoms with Crippen LogP contribution in [0.2, 0.25) is 0 Å². The van der Waals surface area contributed by atoms with Crippen LogP contribution in [0.1, 0.15) is 16.7 Å². The number of carbonyl (C=O) groups excluding carboxylic acids is 2. The van der Waals surface area contributed by atoms with E-state index in [0.717, 1.165) is 38.2 Å². The molecular weight excluding hydrogens is 372 g/mol. The molecule has 30 heavy (non-hydrogen) atoms. The van der Waals surface area contributed by atoms with E-state index < -0.39 is 5.91 Å². The van der Waals surface area contributed by atoms with Crippen molar-refractivity contribution in [3.8, 4) is 0 Å². The Morgan fingerprint density at radius 2 is 1.40 bits per heavy atom. The molecule has 1 saturated heterocycles. The molecule has 0 aliphatic carbocycles. The van der Waals surface area contributed by atoms with Crippen molar-refractivity contribution in [2.45, 2.75) is 13.8 Å². The van der Waals surface area contributed by atoms with Crippen molar-refractivity contribution in [3.05, 3.63) is 95.1 Å². The third kappa shape index (κ3) is 2.85. The SMILES string of the molecule is Cc1ccc(N2NC(=O)C(=Cc3c4ccccc4cc4ccccc34)C2=O)cc1C. The van der Waals surface area contributed by atoms with E-state index in [4.69, 9.17) is 0 Å². The number of anilines is 1. The van der Waals surface area contributed by atoms with Gasteiger partial charge >= 0.3 is 0 Å². The van der Waals surface area contributed by atoms with Crippen molar-refractivity contribution in [2.75, 3.05) is 5.01 Å². The van der Waals surface area contributed by atoms with E-state index in [0.29, 0.717) is 5.69 Å². The summed E-state index contributed by atoms with van der Waals surface area (Å²) < 4.78 is 0. The van der Waals surface area contributed by atoms with Crippen molar-refractivity contribution in [2.24, 2.45) is 0 Å². The third-order valence-corrected chi connectivity index (χ3v) is 5.74. The van der Waals surface area contributed by atoms with Crippen molar-refractivity contribution < 1.29 is 9.59 Å². The van der Waals surface area contributed by atoms with Crippen LogP contribution in [0.5, 0.6) is 0 Å². The minimum Gasteiger partial charge on any atom is -0.267 e. The molecule has 1 aliphatic rings. The molecule has 1 aliphatic heterocycles. The predicted octanol–water partition coefficient (Wildman–Crippen LogP) is 5.07. The summed E-state index contributed by atoms with van der Waals surface area (Å²) >= 11 is 0. The summed E-state index contributed by atoms with van der Waals surface area (Å²) in [6, 6.07) is 23.9. The maximum absolute atomic E-state index is 13.2. The van der Waals surface area contributed by atoms with Crippen LogP contribution in [0.15, 0.2) is 78.4 Å². The number of hydrogen-bond acceptors (Lipinski definition) is 2. The van der Waals surface area contributed by atoms with Gasteiger partial charge in [-0.15, -0.1) is 0 Å². The van der Waals surface area contributed by atoms with Crippen LogP contribution < -0.4 is 10.4 Å². The minimum absolute atomic E-state index is 0.134. The summed E-state index contributed by atoms with van der Waals surface area (Å²) in [6.45, 7) is 4.00. The number of aryl methyl sites for hydroxylation is 2. The van der Waals surface area contributed by atoms with Crippen molar-refractivity contribution >= 4 is 45.1 Å². The van der Waals surface area contributed by atoms with Crippen LogP contribution in [0, 0.1) is 13.8 Å². The number of hydrogen-bond donors (Lipinski definition) is 1. The second kappa shape index (κ2) is 6.85. The van der Waals surface area contributed by atoms with Crippen LogP contribution in [0.3, 0.4) is 0 Å². The Hall–Kier alpha value is -3.92. The van der Waals surface area contributed by atoms with Gasteiger partial charge in [0.25, 0.3) is 11.8 Å². The average Bonchev–Trinajstić information content (AvgIpc) is 3.03. The smallest absolute Gasteiger partial charge is 0.267 e. The van der Waals surface area contributed by atoms with Gasteiger partial charge in [0, 0.05) is 0 Å². The lowest BCUT2D eigenvalue weighted by atomic mass is 9.95. The van der Waals surface area contributed by atoms with Crippen LogP contribution in [0.4, 0.5) is 5.69 Å². The summed E-state index contributed by atoms with van der Waals surface area (Å²) in [6.07, 6.45) is 1.73. The highest BCUT2D eigenvalue weighted by molar-refractivity contribution is 6.32. The van der Waals surface area contributed by atoms with E-state index in [-0.39, 0.29) is 11.5 Å². The highest BCUT2D eigenvalue weighted by Crippen LogP contribution is 2.32. The lowest BCUT2D eigenvalue weighted by molar-refractivity contribution is -0.117. The van der Waals surface area contributed by atoms with E-state index in [1.54, 1.807) is 6.08 Å². The van der Waals surface area contributed by atoms with E-state index >= 15 is 0 Å². The van der Waals surface area contributed by atoms with E-state index in [1.807, 2.05) is 80.6 Å². The van der Waals surface area contributed by atoms with Crippen LogP contribution in [0.25, 0.3) is 27.6 Å². The van der Waals surface area contributed by atoms with Gasteiger partial charge in [0.1, 0.15) is 5.57 Å². The van der Waals surface area contributed by atoms with Crippen LogP contribution >= 0.6 is 0 Å². The number of benzene rings is 4. The van der Waals surface area contributed by atoms with Gasteiger partial charge in [-0.2, -0.15) is 0 Å². The van der Waals surface area contributed by atoms with Gasteiger partial charge in [-0.1, -0.05) is 54.6 Å². The van der Waals surface area contributed by atoms with Crippen molar-refractivity contribution in [1.29, 1.82) is 0 Å². The summed E-state index contributed by atoms with van der Waals surface area (Å²) in [5.41, 5.74) is 6.57. The fourth-order valence-corrected chi connectivity index (χ4v) is 3.95. The summed E-state index contributed by atoms with van der Waals surface area (Å²) in [5.74, 6) is -0.740. The zero-order valence-electron chi connectivity index (χ0n) is 16.8. The molecular formula is C26H20N2O2. The third-order valence-electron chi connectivity index (χ3n) is 5.74. The Morgan fingerprint density at radius 3 is 2.03 bits per heavy atom. The number of fused-ring (bicyclic) bond motifs is 2. The van der Waals surface area contributed by atoms with Crippen LogP contribution in [-0.2, 0) is 9.59 Å². The molecule has 4 aromatic rings. The molecule has 1 fully saturated rings. The maximum Gasteiger partial charge on any atom is 0.282 e. The molecule has 5 rings (SSSR count). The normalized spacial score (nSPS) is 15.4. The first kappa shape index (κ1) is 18.1. The second-order valence-corrected chi connectivity index (χ2v) is 7.64. The Bertz CT molecular complexity index is 1330. The Balaban J connectivity index is 1.67. The molecule has 0 saturated carbocycles. The largest absolute Gasteiger partial charge is 0.282 e. The summed E-state index contributed by atoms with van der Waals surface area (Å²) in [5, 5.41) is 5.48. The summed E-state index contributed by atoms with van der Waals surface area (Å²) in [4.78, 5) is 25.9. The highest BCUT2D eigenvalue weighted by Gasteiger charge is 2.34. The number of hydrazine groups is 1. The van der Waals surface area contributed by atoms with Gasteiger partial charge in [0.2, 0.25) is 0 Å². The molecule has 4 aromatic carbocycles. The summed E-state index contributed by atoms with van der Waals surface area (Å²) in [7, 11) is 0. The molecule has 1 N–H and O–H groups in total. The Kier molecular flexibility index (Phi) is 4.14. The van der Waals surface area contributed by atoms with E-state index in [1.165, 1.54) is 5.01 Å². The molecule has 0 aromatic heterocycles. The van der Waals surface area contributed by atoms with Gasteiger partial charge in [0.15, 0.2) is 0 Å². The first-order valence-corrected chi connectivity index (χ1v) is 9.88. The maximum atomic E-state index is 13.2. The second-order valence-electron chi connectivity index (χ2n) is 7.64. The molecule has 0 unspecified atom stereocenters. The monoisotopic (exact) mass is 392 g/mol. The number of rotatable bonds is 2. The Morgan fingerprint density at radius 1 is 0.767 bits per heavy atom. The molecule has 2 amide bonds. The van der Waals surface area contributed by atoms with E-state index in [2.05, 4.69) is 11.5 Å². The fourth-order valence-electron chi connectivity index (χ4n) is 3.95. The topological polar surface area (TPSA) is 49.4 Å². The number of nitrogens with one attached hydrogen (secondary N) is 1. The molecule has 0 radical (unpaired) electrons. The molecule has 0 bridgehead atoms. The molecule has 1 heterocycles. The molecule has 146 valence electrons. The number of nitrogens with zero attached hydrogens (tertiary/aromatic N) is 1. The van der Waals surface area contributed by atoms with Gasteiger partial charge in [0.05, 0.1) is 5.69 Å². The molecule has 4 nitrogen and oxygen atoms in total. The first-order valence-electron chi connectivity index (χ1n) is 9.88. The van der Waals surface area contributed by atoms with Gasteiger partial charge in [-0.25, -0.2) is 5.01 Å². The lowest BCUT2D eigenvalue weighted by Gasteiger charge is -2.16. The quantitative estimate of drug-likeness (QED) is 0.294. The van der Waals surface area contributed by atoms with Gasteiger partial charge < -0.3 is 0 Å².